The molecule has 0 spiro atoms. The third kappa shape index (κ3) is 2.93. The molecular weight excluding hydrogens is 234 g/mol. The molecule has 94 valence electrons. The maximum atomic E-state index is 8.76. The van der Waals surface area contributed by atoms with E-state index >= 15 is 0 Å². The van der Waals surface area contributed by atoms with Crippen LogP contribution in [0.4, 0.5) is 11.4 Å². The first-order valence-corrected chi connectivity index (χ1v) is 5.98. The zero-order valence-electron chi connectivity index (χ0n) is 10.8. The van der Waals surface area contributed by atoms with Crippen LogP contribution in [0.5, 0.6) is 0 Å². The average Bonchev–Trinajstić information content (AvgIpc) is 2.48. The molecule has 0 saturated carbocycles. The van der Waals surface area contributed by atoms with Crippen molar-refractivity contribution in [3.8, 4) is 6.07 Å². The lowest BCUT2D eigenvalue weighted by Gasteiger charge is -2.13. The van der Waals surface area contributed by atoms with Crippen LogP contribution in [0.3, 0.4) is 0 Å². The molecule has 2 aromatic rings. The van der Waals surface area contributed by atoms with E-state index in [2.05, 4.69) is 23.3 Å². The third-order valence-electron chi connectivity index (χ3n) is 2.83. The lowest BCUT2D eigenvalue weighted by molar-refractivity contribution is 1.45. The zero-order chi connectivity index (χ0) is 13.7. The largest absolute Gasteiger partial charge is 0.388 e. The molecule has 0 unspecified atom stereocenters. The summed E-state index contributed by atoms with van der Waals surface area (Å²) in [5.74, 6) is 0. The van der Waals surface area contributed by atoms with Gasteiger partial charge in [0.2, 0.25) is 0 Å². The maximum absolute atomic E-state index is 8.76. The van der Waals surface area contributed by atoms with E-state index in [1.807, 2.05) is 43.4 Å². The second kappa shape index (κ2) is 5.74. The van der Waals surface area contributed by atoms with Crippen LogP contribution in [0.25, 0.3) is 5.70 Å². The summed E-state index contributed by atoms with van der Waals surface area (Å²) in [6.07, 6.45) is 0. The number of benzene rings is 2. The zero-order valence-corrected chi connectivity index (χ0v) is 10.8. The predicted octanol–water partition coefficient (Wildman–Crippen LogP) is 3.68. The van der Waals surface area contributed by atoms with Gasteiger partial charge in [0.25, 0.3) is 0 Å². The van der Waals surface area contributed by atoms with E-state index in [9.17, 15) is 0 Å². The standard InChI is InChI=1S/C16H15N3/c1-12(15-5-3-4-6-16(15)18-2)19-14-9-7-13(11-17)8-10-14/h3-10,18-19H,1H2,2H3. The van der Waals surface area contributed by atoms with Gasteiger partial charge in [-0.2, -0.15) is 5.26 Å². The summed E-state index contributed by atoms with van der Waals surface area (Å²) < 4.78 is 0. The van der Waals surface area contributed by atoms with E-state index in [0.29, 0.717) is 5.56 Å². The minimum absolute atomic E-state index is 0.645. The van der Waals surface area contributed by atoms with Crippen molar-refractivity contribution in [1.82, 2.24) is 0 Å². The Morgan fingerprint density at radius 2 is 1.79 bits per heavy atom. The van der Waals surface area contributed by atoms with E-state index in [4.69, 9.17) is 5.26 Å². The van der Waals surface area contributed by atoms with Gasteiger partial charge in [0, 0.05) is 29.7 Å². The van der Waals surface area contributed by atoms with E-state index in [1.165, 1.54) is 0 Å². The highest BCUT2D eigenvalue weighted by molar-refractivity contribution is 5.82. The molecule has 3 nitrogen and oxygen atoms in total. The fourth-order valence-corrected chi connectivity index (χ4v) is 1.83. The van der Waals surface area contributed by atoms with Crippen molar-refractivity contribution in [2.75, 3.05) is 17.7 Å². The molecule has 0 saturated heterocycles. The fraction of sp³-hybridized carbons (Fsp3) is 0.0625. The average molecular weight is 249 g/mol. The molecule has 0 atom stereocenters. The molecule has 19 heavy (non-hydrogen) atoms. The Morgan fingerprint density at radius 1 is 1.11 bits per heavy atom. The highest BCUT2D eigenvalue weighted by Gasteiger charge is 2.04. The highest BCUT2D eigenvalue weighted by atomic mass is 14.9. The lowest BCUT2D eigenvalue weighted by Crippen LogP contribution is -2.01. The maximum Gasteiger partial charge on any atom is 0.0991 e. The molecular formula is C16H15N3. The van der Waals surface area contributed by atoms with Gasteiger partial charge in [-0.25, -0.2) is 0 Å². The van der Waals surface area contributed by atoms with Crippen molar-refractivity contribution in [2.45, 2.75) is 0 Å². The highest BCUT2D eigenvalue weighted by Crippen LogP contribution is 2.23. The molecule has 2 aromatic carbocycles. The number of rotatable bonds is 4. The van der Waals surface area contributed by atoms with Gasteiger partial charge in [-0.3, -0.25) is 0 Å². The molecule has 0 aliphatic rings. The first kappa shape index (κ1) is 12.7. The number of nitriles is 1. The van der Waals surface area contributed by atoms with Crippen LogP contribution in [0.2, 0.25) is 0 Å². The Hall–Kier alpha value is -2.73. The smallest absolute Gasteiger partial charge is 0.0991 e. The molecule has 0 radical (unpaired) electrons. The quantitative estimate of drug-likeness (QED) is 0.868. The van der Waals surface area contributed by atoms with Gasteiger partial charge in [-0.15, -0.1) is 0 Å². The monoisotopic (exact) mass is 249 g/mol. The summed E-state index contributed by atoms with van der Waals surface area (Å²) in [7, 11) is 1.88. The van der Waals surface area contributed by atoms with Gasteiger partial charge in [0.15, 0.2) is 0 Å². The van der Waals surface area contributed by atoms with Gasteiger partial charge in [-0.05, 0) is 30.3 Å². The Kier molecular flexibility index (Phi) is 3.84. The summed E-state index contributed by atoms with van der Waals surface area (Å²) in [5.41, 5.74) is 4.42. The molecule has 0 aromatic heterocycles. The third-order valence-corrected chi connectivity index (χ3v) is 2.83. The molecule has 3 heteroatoms. The number of hydrogen-bond acceptors (Lipinski definition) is 3. The van der Waals surface area contributed by atoms with Crippen LogP contribution >= 0.6 is 0 Å². The molecule has 2 rings (SSSR count). The number of para-hydroxylation sites is 1. The van der Waals surface area contributed by atoms with Crippen molar-refractivity contribution in [1.29, 1.82) is 5.26 Å². The van der Waals surface area contributed by atoms with Gasteiger partial charge >= 0.3 is 0 Å². The number of hydrogen-bond donors (Lipinski definition) is 2. The fourth-order valence-electron chi connectivity index (χ4n) is 1.83. The Labute approximate surface area is 113 Å². The number of nitrogens with zero attached hydrogens (tertiary/aromatic N) is 1. The first-order chi connectivity index (χ1) is 9.24. The predicted molar refractivity (Wildman–Crippen MR) is 79.8 cm³/mol. The number of nitrogens with one attached hydrogen (secondary N) is 2. The molecule has 0 bridgehead atoms. The SMILES string of the molecule is C=C(Nc1ccc(C#N)cc1)c1ccccc1NC. The summed E-state index contributed by atoms with van der Waals surface area (Å²) in [4.78, 5) is 0. The van der Waals surface area contributed by atoms with Crippen LogP contribution in [0, 0.1) is 11.3 Å². The summed E-state index contributed by atoms with van der Waals surface area (Å²) >= 11 is 0. The second-order valence-electron chi connectivity index (χ2n) is 4.09. The van der Waals surface area contributed by atoms with Gasteiger partial charge < -0.3 is 10.6 Å². The Balaban J connectivity index is 2.18. The molecule has 0 aliphatic carbocycles. The molecule has 0 aliphatic heterocycles. The van der Waals surface area contributed by atoms with E-state index in [0.717, 1.165) is 22.6 Å². The van der Waals surface area contributed by atoms with Crippen molar-refractivity contribution >= 4 is 17.1 Å². The van der Waals surface area contributed by atoms with Gasteiger partial charge in [-0.1, -0.05) is 24.8 Å². The van der Waals surface area contributed by atoms with Crippen molar-refractivity contribution in [2.24, 2.45) is 0 Å². The minimum Gasteiger partial charge on any atom is -0.388 e. The molecule has 0 amide bonds. The van der Waals surface area contributed by atoms with Crippen LogP contribution < -0.4 is 10.6 Å². The van der Waals surface area contributed by atoms with E-state index in [1.54, 1.807) is 12.1 Å². The Morgan fingerprint density at radius 3 is 2.42 bits per heavy atom. The van der Waals surface area contributed by atoms with E-state index in [-0.39, 0.29) is 0 Å². The van der Waals surface area contributed by atoms with Crippen LogP contribution in [-0.4, -0.2) is 7.05 Å². The topological polar surface area (TPSA) is 47.9 Å². The van der Waals surface area contributed by atoms with E-state index < -0.39 is 0 Å². The van der Waals surface area contributed by atoms with Gasteiger partial charge in [0.05, 0.1) is 11.6 Å². The lowest BCUT2D eigenvalue weighted by atomic mass is 10.1. The van der Waals surface area contributed by atoms with Crippen molar-refractivity contribution in [3.63, 3.8) is 0 Å². The number of anilines is 2. The molecule has 2 N–H and O–H groups in total. The molecule has 0 fully saturated rings. The Bertz CT molecular complexity index is 621. The van der Waals surface area contributed by atoms with Crippen molar-refractivity contribution in [3.05, 3.63) is 66.2 Å². The summed E-state index contributed by atoms with van der Waals surface area (Å²) in [5, 5.41) is 15.1. The molecule has 0 heterocycles. The van der Waals surface area contributed by atoms with Crippen LogP contribution in [0.1, 0.15) is 11.1 Å². The summed E-state index contributed by atoms with van der Waals surface area (Å²) in [6, 6.07) is 17.3. The van der Waals surface area contributed by atoms with Gasteiger partial charge in [0.1, 0.15) is 0 Å². The van der Waals surface area contributed by atoms with Crippen LogP contribution in [-0.2, 0) is 0 Å². The van der Waals surface area contributed by atoms with Crippen molar-refractivity contribution < 1.29 is 0 Å². The minimum atomic E-state index is 0.645. The second-order valence-corrected chi connectivity index (χ2v) is 4.09. The van der Waals surface area contributed by atoms with Crippen LogP contribution in [0.15, 0.2) is 55.1 Å². The summed E-state index contributed by atoms with van der Waals surface area (Å²) in [6.45, 7) is 4.06. The first-order valence-electron chi connectivity index (χ1n) is 5.98. The normalized spacial score (nSPS) is 9.47.